The highest BCUT2D eigenvalue weighted by Crippen LogP contribution is 2.34. The molecule has 5 heteroatoms. The molecule has 25 heavy (non-hydrogen) atoms. The number of amides is 1. The lowest BCUT2D eigenvalue weighted by Gasteiger charge is -2.33. The maximum Gasteiger partial charge on any atom is 0.258 e. The molecule has 2 fully saturated rings. The van der Waals surface area contributed by atoms with Crippen molar-refractivity contribution >= 4 is 11.9 Å². The fraction of sp³-hybridized carbons (Fsp3) is 0.600. The third-order valence-corrected chi connectivity index (χ3v) is 5.80. The Balaban J connectivity index is 1.80. The number of benzene rings is 1. The van der Waals surface area contributed by atoms with Crippen LogP contribution in [0.5, 0.6) is 5.75 Å². The number of likely N-dealkylation sites (N-methyl/N-ethyl adjacent to an activating group) is 1. The van der Waals surface area contributed by atoms with Crippen molar-refractivity contribution in [3.8, 4) is 5.75 Å². The van der Waals surface area contributed by atoms with Gasteiger partial charge in [-0.25, -0.2) is 0 Å². The van der Waals surface area contributed by atoms with Crippen LogP contribution in [-0.4, -0.2) is 36.0 Å². The quantitative estimate of drug-likeness (QED) is 0.861. The van der Waals surface area contributed by atoms with E-state index in [4.69, 9.17) is 10.1 Å². The zero-order chi connectivity index (χ0) is 18.0. The van der Waals surface area contributed by atoms with Crippen LogP contribution < -0.4 is 10.1 Å². The van der Waals surface area contributed by atoms with E-state index in [-0.39, 0.29) is 18.5 Å². The van der Waals surface area contributed by atoms with Crippen LogP contribution in [0.2, 0.25) is 0 Å². The Bertz CT molecular complexity index is 667. The van der Waals surface area contributed by atoms with E-state index in [1.165, 1.54) is 29.7 Å². The number of carbonyl (C=O) groups excluding carboxylic acids is 1. The van der Waals surface area contributed by atoms with Crippen molar-refractivity contribution < 1.29 is 9.53 Å². The third-order valence-electron chi connectivity index (χ3n) is 5.80. The van der Waals surface area contributed by atoms with E-state index in [0.29, 0.717) is 5.92 Å². The lowest BCUT2D eigenvalue weighted by Crippen LogP contribution is -2.53. The first-order valence-corrected chi connectivity index (χ1v) is 9.27. The average Bonchev–Trinajstić information content (AvgIpc) is 2.81. The van der Waals surface area contributed by atoms with Crippen LogP contribution in [0.4, 0.5) is 0 Å². The van der Waals surface area contributed by atoms with Crippen molar-refractivity contribution in [1.82, 2.24) is 10.2 Å². The van der Waals surface area contributed by atoms with Gasteiger partial charge in [0.15, 0.2) is 11.5 Å². The molecule has 1 saturated carbocycles. The molecule has 2 aliphatic rings. The summed E-state index contributed by atoms with van der Waals surface area (Å²) in [5.74, 6) is 1.46. The minimum atomic E-state index is -0.815. The van der Waals surface area contributed by atoms with E-state index in [9.17, 15) is 4.79 Å². The molecule has 5 nitrogen and oxygen atoms in total. The van der Waals surface area contributed by atoms with Gasteiger partial charge in [-0.05, 0) is 43.4 Å². The van der Waals surface area contributed by atoms with Crippen molar-refractivity contribution in [2.45, 2.75) is 57.9 Å². The standard InChI is InChI=1S/C20H29N3O2/c1-14-8-7-11-17(15(14)2)25-13-20(12-16-9-5-4-6-10-16)18(24)23(3)19(21)22-20/h7-8,11,16H,4-6,9-10,12-13H2,1-3H3,(H2,21,22). The summed E-state index contributed by atoms with van der Waals surface area (Å²) in [6.45, 7) is 4.36. The molecule has 1 unspecified atom stereocenters. The van der Waals surface area contributed by atoms with Crippen LogP contribution in [0, 0.1) is 25.2 Å². The maximum absolute atomic E-state index is 12.9. The Morgan fingerprint density at radius 3 is 2.64 bits per heavy atom. The molecule has 0 spiro atoms. The highest BCUT2D eigenvalue weighted by Gasteiger charge is 2.50. The van der Waals surface area contributed by atoms with Gasteiger partial charge in [-0.3, -0.25) is 15.1 Å². The summed E-state index contributed by atoms with van der Waals surface area (Å²) in [6, 6.07) is 5.98. The summed E-state index contributed by atoms with van der Waals surface area (Å²) in [4.78, 5) is 14.3. The van der Waals surface area contributed by atoms with E-state index in [1.54, 1.807) is 7.05 Å². The van der Waals surface area contributed by atoms with Crippen molar-refractivity contribution in [2.24, 2.45) is 5.92 Å². The highest BCUT2D eigenvalue weighted by atomic mass is 16.5. The Morgan fingerprint density at radius 1 is 1.28 bits per heavy atom. The second-order valence-electron chi connectivity index (χ2n) is 7.61. The Labute approximate surface area is 150 Å². The normalized spacial score (nSPS) is 24.5. The molecular formula is C20H29N3O2. The fourth-order valence-corrected chi connectivity index (χ4v) is 4.05. The number of aryl methyl sites for hydroxylation is 1. The molecule has 1 aromatic carbocycles. The summed E-state index contributed by atoms with van der Waals surface area (Å²) in [7, 11) is 1.66. The number of ether oxygens (including phenoxy) is 1. The molecule has 1 aromatic rings. The molecule has 1 aliphatic heterocycles. The second kappa shape index (κ2) is 7.06. The smallest absolute Gasteiger partial charge is 0.258 e. The molecule has 0 radical (unpaired) electrons. The van der Waals surface area contributed by atoms with Gasteiger partial charge in [-0.15, -0.1) is 0 Å². The van der Waals surface area contributed by atoms with Crippen LogP contribution in [-0.2, 0) is 4.79 Å². The summed E-state index contributed by atoms with van der Waals surface area (Å²) >= 11 is 0. The van der Waals surface area contributed by atoms with Crippen molar-refractivity contribution in [1.29, 1.82) is 5.41 Å². The fourth-order valence-electron chi connectivity index (χ4n) is 4.05. The second-order valence-corrected chi connectivity index (χ2v) is 7.61. The molecule has 2 N–H and O–H groups in total. The number of hydrogen-bond donors (Lipinski definition) is 2. The molecule has 3 rings (SSSR count). The zero-order valence-electron chi connectivity index (χ0n) is 15.5. The molecule has 0 aromatic heterocycles. The first-order valence-electron chi connectivity index (χ1n) is 9.27. The predicted molar refractivity (Wildman–Crippen MR) is 99.0 cm³/mol. The van der Waals surface area contributed by atoms with Crippen molar-refractivity contribution in [3.63, 3.8) is 0 Å². The molecule has 1 heterocycles. The number of nitrogens with zero attached hydrogens (tertiary/aromatic N) is 1. The van der Waals surface area contributed by atoms with Crippen molar-refractivity contribution in [3.05, 3.63) is 29.3 Å². The Hall–Kier alpha value is -2.04. The summed E-state index contributed by atoms with van der Waals surface area (Å²) in [5, 5.41) is 11.2. The first-order chi connectivity index (χ1) is 11.9. The molecule has 1 atom stereocenters. The van der Waals surface area contributed by atoms with E-state index in [0.717, 1.165) is 30.6 Å². The van der Waals surface area contributed by atoms with E-state index >= 15 is 0 Å². The summed E-state index contributed by atoms with van der Waals surface area (Å²) < 4.78 is 6.11. The topological polar surface area (TPSA) is 65.4 Å². The number of guanidine groups is 1. The van der Waals surface area contributed by atoms with Gasteiger partial charge in [-0.2, -0.15) is 0 Å². The number of rotatable bonds is 5. The largest absolute Gasteiger partial charge is 0.490 e. The van der Waals surface area contributed by atoms with Crippen LogP contribution in [0.1, 0.15) is 49.7 Å². The lowest BCUT2D eigenvalue weighted by atomic mass is 9.79. The van der Waals surface area contributed by atoms with Gasteiger partial charge >= 0.3 is 0 Å². The van der Waals surface area contributed by atoms with Crippen molar-refractivity contribution in [2.75, 3.05) is 13.7 Å². The number of carbonyl (C=O) groups is 1. The maximum atomic E-state index is 12.9. The molecule has 136 valence electrons. The average molecular weight is 343 g/mol. The SMILES string of the molecule is Cc1cccc(OCC2(CC3CCCCC3)NC(=N)N(C)C2=O)c1C. The van der Waals surface area contributed by atoms with Gasteiger partial charge in [-0.1, -0.05) is 44.2 Å². The van der Waals surface area contributed by atoms with Crippen LogP contribution in [0.15, 0.2) is 18.2 Å². The minimum absolute atomic E-state index is 0.0478. The number of hydrogen-bond acceptors (Lipinski definition) is 3. The monoisotopic (exact) mass is 343 g/mol. The predicted octanol–water partition coefficient (Wildman–Crippen LogP) is 3.39. The molecular weight excluding hydrogens is 314 g/mol. The third kappa shape index (κ3) is 3.51. The molecule has 1 amide bonds. The molecule has 1 aliphatic carbocycles. The van der Waals surface area contributed by atoms with Gasteiger partial charge in [0.1, 0.15) is 12.4 Å². The van der Waals surface area contributed by atoms with E-state index < -0.39 is 5.54 Å². The molecule has 1 saturated heterocycles. The van der Waals surface area contributed by atoms with Crippen LogP contribution >= 0.6 is 0 Å². The van der Waals surface area contributed by atoms with Gasteiger partial charge < -0.3 is 10.1 Å². The molecule has 0 bridgehead atoms. The zero-order valence-corrected chi connectivity index (χ0v) is 15.5. The van der Waals surface area contributed by atoms with Gasteiger partial charge in [0.05, 0.1) is 0 Å². The lowest BCUT2D eigenvalue weighted by molar-refractivity contribution is -0.132. The minimum Gasteiger partial charge on any atom is -0.490 e. The highest BCUT2D eigenvalue weighted by molar-refractivity contribution is 6.07. The van der Waals surface area contributed by atoms with E-state index in [1.807, 2.05) is 19.1 Å². The van der Waals surface area contributed by atoms with Gasteiger partial charge in [0.25, 0.3) is 5.91 Å². The van der Waals surface area contributed by atoms with E-state index in [2.05, 4.69) is 18.3 Å². The van der Waals surface area contributed by atoms with Gasteiger partial charge in [0, 0.05) is 7.05 Å². The Kier molecular flexibility index (Phi) is 5.02. The summed E-state index contributed by atoms with van der Waals surface area (Å²) in [5.41, 5.74) is 1.46. The van der Waals surface area contributed by atoms with Crippen LogP contribution in [0.25, 0.3) is 0 Å². The van der Waals surface area contributed by atoms with Gasteiger partial charge in [0.2, 0.25) is 0 Å². The number of nitrogens with one attached hydrogen (secondary N) is 2. The Morgan fingerprint density at radius 2 is 2.00 bits per heavy atom. The van der Waals surface area contributed by atoms with Crippen LogP contribution in [0.3, 0.4) is 0 Å². The first kappa shape index (κ1) is 17.8. The summed E-state index contributed by atoms with van der Waals surface area (Å²) in [6.07, 6.45) is 6.83.